The second-order valence-corrected chi connectivity index (χ2v) is 19.6. The van der Waals surface area contributed by atoms with E-state index in [2.05, 4.69) is 57.5 Å². The summed E-state index contributed by atoms with van der Waals surface area (Å²) in [5.74, 6) is -8.62. The summed E-state index contributed by atoms with van der Waals surface area (Å²) in [5.41, 5.74) is 12.9. The SMILES string of the molecule is CC(C)C[C@@H]1NC(=O)[C@@H](NC(=O)[C@@H]2CCC(=O)N2)[C@H](C(C)C)c2ccc3c4c([nH]c3c2)-n2cnc(c2)C[C@@H](C(=O)[O-])NC(=O)CNC(=O)[C@H](CCC[NH+]=C(N)N)NC(=O)[C@H](C4)NC(=O)[C@H](C(C)C)NC1=O. The number of nitrogens with two attached hydrogens (primary N) is 2. The van der Waals surface area contributed by atoms with Gasteiger partial charge < -0.3 is 57.4 Å². The summed E-state index contributed by atoms with van der Waals surface area (Å²) in [7, 11) is 0. The number of imidazole rings is 1. The minimum Gasteiger partial charge on any atom is -0.548 e. The number of hydrogen-bond acceptors (Lipinski definition) is 11. The van der Waals surface area contributed by atoms with E-state index >= 15 is 0 Å². The third-order valence-electron chi connectivity index (χ3n) is 12.9. The summed E-state index contributed by atoms with van der Waals surface area (Å²) in [6, 6.07) is -3.62. The summed E-state index contributed by atoms with van der Waals surface area (Å²) in [6.07, 6.45) is 3.09. The van der Waals surface area contributed by atoms with E-state index in [0.717, 1.165) is 0 Å². The lowest BCUT2D eigenvalue weighted by molar-refractivity contribution is -0.459. The monoisotopic (exact) mass is 987 g/mol. The van der Waals surface area contributed by atoms with Gasteiger partial charge in [0.15, 0.2) is 0 Å². The standard InChI is InChI=1S/C47H66N14O10/c1-21(2)14-31-43(67)59-37(23(5)6)44(68)58-32-17-27-26-10-9-24(36(22(3)4)38(45(69)57-31)60-41(65)29-11-12-34(62)53-29)15-30(26)55-39(27)61-19-25(52-20-61)16-33(46(70)71)54-35(63)18-51-40(64)28(56-42(32)66)8-7-13-50-47(48)49/h9-10,15,19-23,28-29,31-33,36-38,55H,7-8,11-14,16-18H2,1-6H3,(H,51,64)(H,53,62)(H,54,63)(H,56,66)(H,57,69)(H,58,68)(H,59,67)(H,60,65)(H,70,71)(H4,48,49,50)/t28-,29-,31-,32-,33-,36+,37-,38-/m0/s1. The van der Waals surface area contributed by atoms with Crippen molar-refractivity contribution in [3.63, 3.8) is 0 Å². The number of aliphatic carboxylic acids is 1. The van der Waals surface area contributed by atoms with Crippen LogP contribution in [0.15, 0.2) is 30.7 Å². The molecule has 24 nitrogen and oxygen atoms in total. The first-order valence-corrected chi connectivity index (χ1v) is 24.0. The number of aromatic nitrogens is 3. The molecule has 14 N–H and O–H groups in total. The van der Waals surface area contributed by atoms with E-state index in [-0.39, 0.29) is 80.9 Å². The largest absolute Gasteiger partial charge is 0.548 e. The fourth-order valence-electron chi connectivity index (χ4n) is 9.28. The van der Waals surface area contributed by atoms with Crippen LogP contribution in [0.1, 0.15) is 96.4 Å². The topological polar surface area (TPSA) is 373 Å². The summed E-state index contributed by atoms with van der Waals surface area (Å²) >= 11 is 0. The van der Waals surface area contributed by atoms with Gasteiger partial charge in [0.05, 0.1) is 30.8 Å². The van der Waals surface area contributed by atoms with Crippen LogP contribution < -0.4 is 64.1 Å². The molecule has 6 heterocycles. The number of aromatic amines is 1. The molecule has 1 fully saturated rings. The fourth-order valence-corrected chi connectivity index (χ4v) is 9.28. The van der Waals surface area contributed by atoms with Crippen LogP contribution in [-0.4, -0.2) is 129 Å². The van der Waals surface area contributed by atoms with Crippen molar-refractivity contribution in [1.82, 2.24) is 57.1 Å². The quantitative estimate of drug-likeness (QED) is 0.0372. The van der Waals surface area contributed by atoms with Crippen LogP contribution in [0.4, 0.5) is 0 Å². The number of carboxylic acids is 1. The normalized spacial score (nSPS) is 24.9. The maximum Gasteiger partial charge on any atom is 0.338 e. The van der Waals surface area contributed by atoms with E-state index in [0.29, 0.717) is 27.8 Å². The Labute approximate surface area is 409 Å². The first kappa shape index (κ1) is 52.8. The summed E-state index contributed by atoms with van der Waals surface area (Å²) in [4.78, 5) is 135. The highest BCUT2D eigenvalue weighted by Gasteiger charge is 2.40. The molecule has 1 saturated heterocycles. The lowest BCUT2D eigenvalue weighted by Gasteiger charge is -2.33. The smallest absolute Gasteiger partial charge is 0.338 e. The van der Waals surface area contributed by atoms with Crippen molar-refractivity contribution in [3.8, 4) is 5.82 Å². The Bertz CT molecular complexity index is 2560. The number of carbonyl (C=O) groups excluding carboxylic acids is 9. The van der Waals surface area contributed by atoms with Crippen molar-refractivity contribution in [2.24, 2.45) is 29.2 Å². The Balaban J connectivity index is 1.57. The molecule has 71 heavy (non-hydrogen) atoms. The Morgan fingerprint density at radius 3 is 2.20 bits per heavy atom. The van der Waals surface area contributed by atoms with Crippen LogP contribution in [0, 0.1) is 17.8 Å². The Morgan fingerprint density at radius 1 is 0.831 bits per heavy atom. The van der Waals surface area contributed by atoms with Crippen LogP contribution in [0.2, 0.25) is 0 Å². The summed E-state index contributed by atoms with van der Waals surface area (Å²) in [6.45, 7) is 10.4. The molecule has 0 spiro atoms. The van der Waals surface area contributed by atoms with Gasteiger partial charge in [-0.15, -0.1) is 0 Å². The molecular weight excluding hydrogens is 921 g/mol. The molecule has 0 radical (unpaired) electrons. The van der Waals surface area contributed by atoms with Gasteiger partial charge in [-0.25, -0.2) is 4.98 Å². The molecule has 1 aromatic carbocycles. The van der Waals surface area contributed by atoms with Crippen molar-refractivity contribution in [1.29, 1.82) is 0 Å². The number of guanidine groups is 1. The zero-order chi connectivity index (χ0) is 51.8. The average Bonchev–Trinajstić information content (AvgIpc) is 4.04. The van der Waals surface area contributed by atoms with Crippen LogP contribution in [-0.2, 0) is 56.0 Å². The van der Waals surface area contributed by atoms with E-state index in [1.807, 2.05) is 27.7 Å². The molecule has 0 unspecified atom stereocenters. The molecule has 3 aromatic rings. The molecule has 2 aromatic heterocycles. The average molecular weight is 987 g/mol. The molecule has 8 atom stereocenters. The number of nitrogens with zero attached hydrogens (tertiary/aromatic N) is 2. The third-order valence-corrected chi connectivity index (χ3v) is 12.9. The zero-order valence-corrected chi connectivity index (χ0v) is 40.7. The van der Waals surface area contributed by atoms with E-state index < -0.39 is 108 Å². The van der Waals surface area contributed by atoms with Gasteiger partial charge in [0, 0.05) is 47.8 Å². The van der Waals surface area contributed by atoms with Crippen LogP contribution in [0.25, 0.3) is 16.7 Å². The number of benzene rings is 1. The molecule has 7 bridgehead atoms. The maximum absolute atomic E-state index is 14.8. The molecule has 4 aliphatic rings. The first-order valence-electron chi connectivity index (χ1n) is 24.0. The third kappa shape index (κ3) is 13.2. The van der Waals surface area contributed by atoms with Crippen molar-refractivity contribution in [2.45, 2.75) is 135 Å². The number of amides is 8. The minimum atomic E-state index is -1.61. The second-order valence-electron chi connectivity index (χ2n) is 19.6. The first-order chi connectivity index (χ1) is 33.6. The van der Waals surface area contributed by atoms with E-state index in [4.69, 9.17) is 11.5 Å². The van der Waals surface area contributed by atoms with Crippen LogP contribution >= 0.6 is 0 Å². The zero-order valence-electron chi connectivity index (χ0n) is 40.7. The number of rotatable bonds is 11. The van der Waals surface area contributed by atoms with Crippen molar-refractivity contribution in [3.05, 3.63) is 47.5 Å². The highest BCUT2D eigenvalue weighted by atomic mass is 16.4. The van der Waals surface area contributed by atoms with Gasteiger partial charge in [0.2, 0.25) is 47.3 Å². The van der Waals surface area contributed by atoms with Gasteiger partial charge in [-0.2, -0.15) is 0 Å². The van der Waals surface area contributed by atoms with Crippen LogP contribution in [0.5, 0.6) is 0 Å². The maximum atomic E-state index is 14.8. The van der Waals surface area contributed by atoms with Gasteiger partial charge >= 0.3 is 5.96 Å². The minimum absolute atomic E-state index is 0.0121. The predicted octanol–water partition coefficient (Wildman–Crippen LogP) is -4.90. The van der Waals surface area contributed by atoms with Crippen molar-refractivity contribution in [2.75, 3.05) is 13.1 Å². The number of H-pyrrole nitrogens is 1. The number of carbonyl (C=O) groups is 9. The Morgan fingerprint density at radius 2 is 1.55 bits per heavy atom. The van der Waals surface area contributed by atoms with E-state index in [1.165, 1.54) is 12.5 Å². The second kappa shape index (κ2) is 22.9. The van der Waals surface area contributed by atoms with Gasteiger partial charge in [-0.3, -0.25) is 59.4 Å². The highest BCUT2D eigenvalue weighted by molar-refractivity contribution is 5.99. The number of hydrogen-bond donors (Lipinski definition) is 12. The fraction of sp³-hybridized carbons (Fsp3) is 0.553. The molecule has 8 amide bonds. The lowest BCUT2D eigenvalue weighted by atomic mass is 9.81. The van der Waals surface area contributed by atoms with E-state index in [1.54, 1.807) is 36.6 Å². The van der Waals surface area contributed by atoms with Gasteiger partial charge in [-0.05, 0) is 55.1 Å². The van der Waals surface area contributed by atoms with E-state index in [9.17, 15) is 48.3 Å². The number of nitrogens with one attached hydrogen (secondary N) is 10. The molecule has 4 aliphatic heterocycles. The van der Waals surface area contributed by atoms with Crippen molar-refractivity contribution < 1.29 is 53.2 Å². The number of fused-ring (bicyclic) bond motifs is 13. The molecule has 0 saturated carbocycles. The number of carboxylic acid groups (broad SMARTS) is 1. The summed E-state index contributed by atoms with van der Waals surface area (Å²) in [5, 5.41) is 34.5. The highest BCUT2D eigenvalue weighted by Crippen LogP contribution is 2.35. The van der Waals surface area contributed by atoms with Gasteiger partial charge in [0.1, 0.15) is 48.4 Å². The Kier molecular flexibility index (Phi) is 17.1. The molecular formula is C47H66N14O10. The Hall–Kier alpha value is -7.53. The molecule has 7 rings (SSSR count). The van der Waals surface area contributed by atoms with Crippen molar-refractivity contribution >= 4 is 70.1 Å². The molecule has 0 aliphatic carbocycles. The van der Waals surface area contributed by atoms with Crippen LogP contribution in [0.3, 0.4) is 0 Å². The summed E-state index contributed by atoms with van der Waals surface area (Å²) < 4.78 is 1.56. The molecule has 24 heteroatoms. The lowest BCUT2D eigenvalue weighted by Crippen LogP contribution is -2.78. The van der Waals surface area contributed by atoms with Gasteiger partial charge in [-0.1, -0.05) is 53.7 Å². The predicted molar refractivity (Wildman–Crippen MR) is 254 cm³/mol. The molecule has 384 valence electrons. The van der Waals surface area contributed by atoms with Gasteiger partial charge in [0.25, 0.3) is 0 Å².